The number of benzene rings is 3. The van der Waals surface area contributed by atoms with Crippen molar-refractivity contribution in [2.24, 2.45) is 0 Å². The maximum Gasteiger partial charge on any atom is 0.221 e. The smallest absolute Gasteiger partial charge is 0.221 e. The number of nitrogens with one attached hydrogen (secondary N) is 1. The van der Waals surface area contributed by atoms with Gasteiger partial charge in [-0.1, -0.05) is 78.9 Å². The van der Waals surface area contributed by atoms with E-state index in [1.54, 1.807) is 6.92 Å². The zero-order valence-electron chi connectivity index (χ0n) is 15.0. The quantitative estimate of drug-likeness (QED) is 0.372. The SMILES string of the molecule is C[C@@H]([C@H](c1ccccc1)c1c(-c2ccccc2)[nH]c2ccccc12)[N+](=O)[O-]. The van der Waals surface area contributed by atoms with Gasteiger partial charge < -0.3 is 4.98 Å². The molecule has 0 fully saturated rings. The molecule has 1 N–H and O–H groups in total. The van der Waals surface area contributed by atoms with Crippen molar-refractivity contribution in [3.63, 3.8) is 0 Å². The van der Waals surface area contributed by atoms with Gasteiger partial charge in [0.15, 0.2) is 0 Å². The average Bonchev–Trinajstić information content (AvgIpc) is 3.09. The standard InChI is InChI=1S/C23H20N2O2/c1-16(25(26)27)21(17-10-4-2-5-11-17)22-19-14-8-9-15-20(19)24-23(22)18-12-6-3-7-13-18/h2-16,21,24H,1H3/t16-,21+/m0/s1. The summed E-state index contributed by atoms with van der Waals surface area (Å²) in [4.78, 5) is 15.1. The number of para-hydroxylation sites is 1. The van der Waals surface area contributed by atoms with E-state index in [1.807, 2.05) is 84.9 Å². The van der Waals surface area contributed by atoms with E-state index in [9.17, 15) is 10.1 Å². The van der Waals surface area contributed by atoms with E-state index < -0.39 is 6.04 Å². The molecule has 0 bridgehead atoms. The Morgan fingerprint density at radius 2 is 1.44 bits per heavy atom. The Hall–Kier alpha value is -3.40. The molecule has 0 unspecified atom stereocenters. The fourth-order valence-corrected chi connectivity index (χ4v) is 3.79. The van der Waals surface area contributed by atoms with Gasteiger partial charge in [-0.2, -0.15) is 0 Å². The van der Waals surface area contributed by atoms with Gasteiger partial charge in [-0.05, 0) is 22.8 Å². The lowest BCUT2D eigenvalue weighted by atomic mass is 9.83. The zero-order valence-corrected chi connectivity index (χ0v) is 15.0. The number of rotatable bonds is 5. The molecule has 0 aliphatic heterocycles. The lowest BCUT2D eigenvalue weighted by molar-refractivity contribution is -0.520. The van der Waals surface area contributed by atoms with Gasteiger partial charge in [-0.25, -0.2) is 0 Å². The first-order valence-electron chi connectivity index (χ1n) is 9.01. The molecule has 0 radical (unpaired) electrons. The first kappa shape index (κ1) is 17.0. The van der Waals surface area contributed by atoms with Crippen LogP contribution < -0.4 is 0 Å². The molecule has 134 valence electrons. The minimum Gasteiger partial charge on any atom is -0.354 e. The second-order valence-corrected chi connectivity index (χ2v) is 6.74. The summed E-state index contributed by atoms with van der Waals surface area (Å²) in [6, 6.07) is 27.0. The number of nitro groups is 1. The number of hydrogen-bond acceptors (Lipinski definition) is 2. The molecule has 0 amide bonds. The summed E-state index contributed by atoms with van der Waals surface area (Å²) in [6.07, 6.45) is 0. The molecule has 0 saturated heterocycles. The van der Waals surface area contributed by atoms with Crippen LogP contribution in [0.2, 0.25) is 0 Å². The molecule has 0 aliphatic carbocycles. The molecular formula is C23H20N2O2. The topological polar surface area (TPSA) is 58.9 Å². The third kappa shape index (κ3) is 3.10. The van der Waals surface area contributed by atoms with Gasteiger partial charge in [-0.3, -0.25) is 10.1 Å². The molecule has 0 aliphatic rings. The average molecular weight is 356 g/mol. The Kier molecular flexibility index (Phi) is 4.47. The molecule has 2 atom stereocenters. The van der Waals surface area contributed by atoms with E-state index in [-0.39, 0.29) is 10.8 Å². The number of nitrogens with zero attached hydrogens (tertiary/aromatic N) is 1. The van der Waals surface area contributed by atoms with Crippen molar-refractivity contribution in [1.29, 1.82) is 0 Å². The molecule has 4 rings (SSSR count). The fourth-order valence-electron chi connectivity index (χ4n) is 3.79. The molecule has 3 aromatic carbocycles. The van der Waals surface area contributed by atoms with E-state index in [0.29, 0.717) is 0 Å². The number of hydrogen-bond donors (Lipinski definition) is 1. The monoisotopic (exact) mass is 356 g/mol. The molecule has 0 spiro atoms. The molecule has 0 saturated carbocycles. The van der Waals surface area contributed by atoms with Crippen LogP contribution >= 0.6 is 0 Å². The summed E-state index contributed by atoms with van der Waals surface area (Å²) >= 11 is 0. The summed E-state index contributed by atoms with van der Waals surface area (Å²) < 4.78 is 0. The van der Waals surface area contributed by atoms with Crippen LogP contribution in [0, 0.1) is 10.1 Å². The first-order valence-corrected chi connectivity index (χ1v) is 9.01. The predicted molar refractivity (Wildman–Crippen MR) is 108 cm³/mol. The first-order chi connectivity index (χ1) is 13.2. The van der Waals surface area contributed by atoms with E-state index in [1.165, 1.54) is 0 Å². The summed E-state index contributed by atoms with van der Waals surface area (Å²) in [5.74, 6) is -0.354. The maximum absolute atomic E-state index is 11.8. The lowest BCUT2D eigenvalue weighted by Gasteiger charge is -2.20. The molecule has 27 heavy (non-hydrogen) atoms. The van der Waals surface area contributed by atoms with Crippen LogP contribution in [0.25, 0.3) is 22.2 Å². The summed E-state index contributed by atoms with van der Waals surface area (Å²) in [7, 11) is 0. The Morgan fingerprint density at radius 1 is 0.852 bits per heavy atom. The van der Waals surface area contributed by atoms with Crippen LogP contribution in [0.4, 0.5) is 0 Å². The van der Waals surface area contributed by atoms with Crippen molar-refractivity contribution in [3.8, 4) is 11.3 Å². The van der Waals surface area contributed by atoms with Crippen LogP contribution in [0.5, 0.6) is 0 Å². The van der Waals surface area contributed by atoms with E-state index in [2.05, 4.69) is 4.98 Å². The highest BCUT2D eigenvalue weighted by atomic mass is 16.6. The number of fused-ring (bicyclic) bond motifs is 1. The number of aromatic nitrogens is 1. The largest absolute Gasteiger partial charge is 0.354 e. The van der Waals surface area contributed by atoms with Crippen molar-refractivity contribution < 1.29 is 4.92 Å². The van der Waals surface area contributed by atoms with Crippen LogP contribution in [0.1, 0.15) is 24.0 Å². The lowest BCUT2D eigenvalue weighted by Crippen LogP contribution is -2.25. The van der Waals surface area contributed by atoms with E-state index >= 15 is 0 Å². The van der Waals surface area contributed by atoms with Gasteiger partial charge in [-0.15, -0.1) is 0 Å². The predicted octanol–water partition coefficient (Wildman–Crippen LogP) is 5.63. The van der Waals surface area contributed by atoms with Crippen molar-refractivity contribution in [2.45, 2.75) is 18.9 Å². The highest BCUT2D eigenvalue weighted by Gasteiger charge is 2.34. The van der Waals surface area contributed by atoms with Crippen molar-refractivity contribution in [3.05, 3.63) is 106 Å². The van der Waals surface area contributed by atoms with Crippen LogP contribution in [-0.4, -0.2) is 15.9 Å². The molecule has 1 heterocycles. The maximum atomic E-state index is 11.8. The summed E-state index contributed by atoms with van der Waals surface area (Å²) in [5.41, 5.74) is 4.89. The highest BCUT2D eigenvalue weighted by Crippen LogP contribution is 2.40. The van der Waals surface area contributed by atoms with Gasteiger partial charge in [0.25, 0.3) is 0 Å². The Balaban J connectivity index is 2.03. The molecule has 4 heteroatoms. The van der Waals surface area contributed by atoms with Crippen LogP contribution in [0.15, 0.2) is 84.9 Å². The van der Waals surface area contributed by atoms with Crippen molar-refractivity contribution in [1.82, 2.24) is 4.98 Å². The van der Waals surface area contributed by atoms with Crippen LogP contribution in [0.3, 0.4) is 0 Å². The zero-order chi connectivity index (χ0) is 18.8. The molecule has 1 aromatic heterocycles. The third-order valence-corrected chi connectivity index (χ3v) is 5.09. The molecular weight excluding hydrogens is 336 g/mol. The van der Waals surface area contributed by atoms with Gasteiger partial charge in [0.2, 0.25) is 6.04 Å². The summed E-state index contributed by atoms with van der Waals surface area (Å²) in [5, 5.41) is 12.8. The fraction of sp³-hybridized carbons (Fsp3) is 0.130. The van der Waals surface area contributed by atoms with Gasteiger partial charge in [0, 0.05) is 22.7 Å². The number of H-pyrrole nitrogens is 1. The minimum atomic E-state index is -0.755. The highest BCUT2D eigenvalue weighted by molar-refractivity contribution is 5.92. The van der Waals surface area contributed by atoms with Gasteiger partial charge in [0.1, 0.15) is 0 Å². The van der Waals surface area contributed by atoms with Crippen molar-refractivity contribution >= 4 is 10.9 Å². The third-order valence-electron chi connectivity index (χ3n) is 5.09. The second kappa shape index (κ2) is 7.08. The minimum absolute atomic E-state index is 0.186. The van der Waals surface area contributed by atoms with Gasteiger partial charge in [0.05, 0.1) is 11.6 Å². The summed E-state index contributed by atoms with van der Waals surface area (Å²) in [6.45, 7) is 1.69. The number of aromatic amines is 1. The van der Waals surface area contributed by atoms with E-state index in [4.69, 9.17) is 0 Å². The Labute approximate surface area is 157 Å². The van der Waals surface area contributed by atoms with Crippen molar-refractivity contribution in [2.75, 3.05) is 0 Å². The van der Waals surface area contributed by atoms with Crippen LogP contribution in [-0.2, 0) is 0 Å². The Bertz CT molecular complexity index is 1070. The molecule has 4 nitrogen and oxygen atoms in total. The van der Waals surface area contributed by atoms with E-state index in [0.717, 1.165) is 33.3 Å². The normalized spacial score (nSPS) is 13.4. The van der Waals surface area contributed by atoms with Gasteiger partial charge >= 0.3 is 0 Å². The Morgan fingerprint density at radius 3 is 2.11 bits per heavy atom. The molecule has 4 aromatic rings. The second-order valence-electron chi connectivity index (χ2n) is 6.74.